The van der Waals surface area contributed by atoms with Gasteiger partial charge in [-0.1, -0.05) is 25.7 Å². The van der Waals surface area contributed by atoms with Gasteiger partial charge in [-0.05, 0) is 25.7 Å². The van der Waals surface area contributed by atoms with Crippen LogP contribution in [0, 0.1) is 5.92 Å². The van der Waals surface area contributed by atoms with Crippen molar-refractivity contribution in [3.63, 3.8) is 0 Å². The van der Waals surface area contributed by atoms with Crippen LogP contribution in [0.2, 0.25) is 0 Å². The van der Waals surface area contributed by atoms with Gasteiger partial charge in [0.15, 0.2) is 0 Å². The third kappa shape index (κ3) is 4.18. The molecule has 1 aliphatic heterocycles. The van der Waals surface area contributed by atoms with Crippen molar-refractivity contribution in [1.29, 1.82) is 0 Å². The Hall–Kier alpha value is -0.610. The molecule has 1 saturated carbocycles. The molecule has 1 aliphatic carbocycles. The topological polar surface area (TPSA) is 49.8 Å². The summed E-state index contributed by atoms with van der Waals surface area (Å²) in [4.78, 5) is 14.4. The Morgan fingerprint density at radius 2 is 1.95 bits per heavy atom. The molecule has 2 aliphatic rings. The number of amides is 1. The van der Waals surface area contributed by atoms with Gasteiger partial charge < -0.3 is 14.7 Å². The highest BCUT2D eigenvalue weighted by Crippen LogP contribution is 2.26. The van der Waals surface area contributed by atoms with Crippen LogP contribution in [-0.2, 0) is 9.53 Å². The van der Waals surface area contributed by atoms with Crippen molar-refractivity contribution < 1.29 is 14.6 Å². The molecular weight excluding hydrogens is 242 g/mol. The van der Waals surface area contributed by atoms with Crippen LogP contribution >= 0.6 is 0 Å². The standard InChI is InChI=1S/C15H27NO3/c1-12-11-19-14(10-17)9-16(12)15(18)8-13-6-4-2-3-5-7-13/h12-14,17H,2-11H2,1H3. The van der Waals surface area contributed by atoms with Crippen molar-refractivity contribution >= 4 is 5.91 Å². The summed E-state index contributed by atoms with van der Waals surface area (Å²) in [5, 5.41) is 9.17. The van der Waals surface area contributed by atoms with Crippen molar-refractivity contribution in [1.82, 2.24) is 4.90 Å². The first kappa shape index (κ1) is 14.8. The molecule has 0 aromatic rings. The van der Waals surface area contributed by atoms with E-state index in [-0.39, 0.29) is 24.7 Å². The van der Waals surface area contributed by atoms with E-state index in [2.05, 4.69) is 0 Å². The summed E-state index contributed by atoms with van der Waals surface area (Å²) in [5.41, 5.74) is 0. The molecule has 4 nitrogen and oxygen atoms in total. The van der Waals surface area contributed by atoms with Gasteiger partial charge in [-0.3, -0.25) is 4.79 Å². The first-order valence-corrected chi connectivity index (χ1v) is 7.72. The number of rotatable bonds is 3. The Labute approximate surface area is 116 Å². The predicted octanol–water partition coefficient (Wildman–Crippen LogP) is 1.96. The molecular formula is C15H27NO3. The lowest BCUT2D eigenvalue weighted by Gasteiger charge is -2.38. The number of nitrogens with zero attached hydrogens (tertiary/aromatic N) is 1. The predicted molar refractivity (Wildman–Crippen MR) is 73.8 cm³/mol. The monoisotopic (exact) mass is 269 g/mol. The van der Waals surface area contributed by atoms with Gasteiger partial charge >= 0.3 is 0 Å². The molecule has 2 rings (SSSR count). The number of carbonyl (C=O) groups is 1. The van der Waals surface area contributed by atoms with E-state index in [9.17, 15) is 9.90 Å². The highest BCUT2D eigenvalue weighted by Gasteiger charge is 2.30. The minimum Gasteiger partial charge on any atom is -0.394 e. The highest BCUT2D eigenvalue weighted by molar-refractivity contribution is 5.77. The van der Waals surface area contributed by atoms with Crippen molar-refractivity contribution in [3.8, 4) is 0 Å². The zero-order valence-corrected chi connectivity index (χ0v) is 12.0. The normalized spacial score (nSPS) is 30.1. The quantitative estimate of drug-likeness (QED) is 0.797. The molecule has 1 amide bonds. The van der Waals surface area contributed by atoms with Crippen LogP contribution in [-0.4, -0.2) is 47.8 Å². The molecule has 110 valence electrons. The fourth-order valence-corrected chi connectivity index (χ4v) is 3.21. The third-order valence-corrected chi connectivity index (χ3v) is 4.47. The Balaban J connectivity index is 1.86. The maximum Gasteiger partial charge on any atom is 0.223 e. The van der Waals surface area contributed by atoms with E-state index in [0.717, 1.165) is 0 Å². The summed E-state index contributed by atoms with van der Waals surface area (Å²) >= 11 is 0. The summed E-state index contributed by atoms with van der Waals surface area (Å²) < 4.78 is 5.49. The fourth-order valence-electron chi connectivity index (χ4n) is 3.21. The molecule has 2 unspecified atom stereocenters. The van der Waals surface area contributed by atoms with E-state index >= 15 is 0 Å². The Kier molecular flexibility index (Phi) is 5.64. The summed E-state index contributed by atoms with van der Waals surface area (Å²) in [6, 6.07) is 0.140. The largest absolute Gasteiger partial charge is 0.394 e. The Morgan fingerprint density at radius 1 is 1.26 bits per heavy atom. The van der Waals surface area contributed by atoms with Crippen LogP contribution in [0.5, 0.6) is 0 Å². The first-order chi connectivity index (χ1) is 9.20. The van der Waals surface area contributed by atoms with Gasteiger partial charge in [0.05, 0.1) is 25.4 Å². The average molecular weight is 269 g/mol. The molecule has 0 aromatic carbocycles. The van der Waals surface area contributed by atoms with Crippen LogP contribution in [0.15, 0.2) is 0 Å². The van der Waals surface area contributed by atoms with Crippen LogP contribution in [0.3, 0.4) is 0 Å². The van der Waals surface area contributed by atoms with Crippen LogP contribution < -0.4 is 0 Å². The number of morpholine rings is 1. The lowest BCUT2D eigenvalue weighted by atomic mass is 9.95. The van der Waals surface area contributed by atoms with E-state index < -0.39 is 0 Å². The molecule has 0 radical (unpaired) electrons. The molecule has 0 spiro atoms. The number of aliphatic hydroxyl groups is 1. The highest BCUT2D eigenvalue weighted by atomic mass is 16.5. The zero-order valence-electron chi connectivity index (χ0n) is 12.0. The number of carbonyl (C=O) groups excluding carboxylic acids is 1. The van der Waals surface area contributed by atoms with Crippen molar-refractivity contribution in [2.24, 2.45) is 5.92 Å². The van der Waals surface area contributed by atoms with Gasteiger partial charge in [0.1, 0.15) is 0 Å². The summed E-state index contributed by atoms with van der Waals surface area (Å²) in [6.45, 7) is 3.11. The molecule has 0 aromatic heterocycles. The van der Waals surface area contributed by atoms with Gasteiger partial charge in [-0.2, -0.15) is 0 Å². The van der Waals surface area contributed by atoms with E-state index in [1.165, 1.54) is 38.5 Å². The SMILES string of the molecule is CC1COC(CO)CN1C(=O)CC1CCCCCC1. The lowest BCUT2D eigenvalue weighted by Crippen LogP contribution is -2.52. The fraction of sp³-hybridized carbons (Fsp3) is 0.933. The van der Waals surface area contributed by atoms with Crippen LogP contribution in [0.25, 0.3) is 0 Å². The molecule has 0 bridgehead atoms. The Bertz CT molecular complexity index is 287. The number of ether oxygens (including phenoxy) is 1. The summed E-state index contributed by atoms with van der Waals surface area (Å²) in [7, 11) is 0. The summed E-state index contributed by atoms with van der Waals surface area (Å²) in [5.74, 6) is 0.818. The van der Waals surface area contributed by atoms with Crippen molar-refractivity contribution in [2.75, 3.05) is 19.8 Å². The molecule has 4 heteroatoms. The second-order valence-electron chi connectivity index (χ2n) is 6.09. The maximum absolute atomic E-state index is 12.4. The van der Waals surface area contributed by atoms with Crippen LogP contribution in [0.1, 0.15) is 51.9 Å². The van der Waals surface area contributed by atoms with Crippen LogP contribution in [0.4, 0.5) is 0 Å². The van der Waals surface area contributed by atoms with E-state index in [0.29, 0.717) is 25.5 Å². The smallest absolute Gasteiger partial charge is 0.223 e. The number of hydrogen-bond acceptors (Lipinski definition) is 3. The van der Waals surface area contributed by atoms with E-state index in [1.54, 1.807) is 0 Å². The summed E-state index contributed by atoms with van der Waals surface area (Å²) in [6.07, 6.45) is 8.08. The third-order valence-electron chi connectivity index (χ3n) is 4.47. The number of aliphatic hydroxyl groups excluding tert-OH is 1. The van der Waals surface area contributed by atoms with Gasteiger partial charge in [0.25, 0.3) is 0 Å². The first-order valence-electron chi connectivity index (χ1n) is 7.72. The molecule has 2 atom stereocenters. The van der Waals surface area contributed by atoms with Crippen molar-refractivity contribution in [3.05, 3.63) is 0 Å². The van der Waals surface area contributed by atoms with E-state index in [4.69, 9.17) is 4.74 Å². The minimum atomic E-state index is -0.200. The molecule has 1 N–H and O–H groups in total. The van der Waals surface area contributed by atoms with Gasteiger partial charge in [-0.15, -0.1) is 0 Å². The van der Waals surface area contributed by atoms with Gasteiger partial charge in [0, 0.05) is 13.0 Å². The number of hydrogen-bond donors (Lipinski definition) is 1. The maximum atomic E-state index is 12.4. The molecule has 19 heavy (non-hydrogen) atoms. The lowest BCUT2D eigenvalue weighted by molar-refractivity contribution is -0.147. The minimum absolute atomic E-state index is 0.0000709. The molecule has 1 saturated heterocycles. The second-order valence-corrected chi connectivity index (χ2v) is 6.09. The zero-order chi connectivity index (χ0) is 13.7. The van der Waals surface area contributed by atoms with Gasteiger partial charge in [0.2, 0.25) is 5.91 Å². The van der Waals surface area contributed by atoms with E-state index in [1.807, 2.05) is 11.8 Å². The molecule has 1 heterocycles. The van der Waals surface area contributed by atoms with Crippen molar-refractivity contribution in [2.45, 2.75) is 64.0 Å². The average Bonchev–Trinajstić information content (AvgIpc) is 2.68. The Morgan fingerprint density at radius 3 is 2.58 bits per heavy atom. The second kappa shape index (κ2) is 7.25. The van der Waals surface area contributed by atoms with Gasteiger partial charge in [-0.25, -0.2) is 0 Å². The molecule has 2 fully saturated rings.